The summed E-state index contributed by atoms with van der Waals surface area (Å²) >= 11 is 5.94. The average molecular weight is 354 g/mol. The van der Waals surface area contributed by atoms with Crippen molar-refractivity contribution in [2.45, 2.75) is 51.7 Å². The molecule has 2 rings (SSSR count). The average Bonchev–Trinajstić information content (AvgIpc) is 2.51. The summed E-state index contributed by atoms with van der Waals surface area (Å²) in [7, 11) is 0. The second-order valence-electron chi connectivity index (χ2n) is 6.88. The number of carbonyl (C=O) groups is 2. The van der Waals surface area contributed by atoms with Gasteiger partial charge in [-0.2, -0.15) is 0 Å². The molecule has 0 spiro atoms. The summed E-state index contributed by atoms with van der Waals surface area (Å²) in [4.78, 5) is 30.2. The Labute approximate surface area is 147 Å². The monoisotopic (exact) mass is 353 g/mol. The van der Waals surface area contributed by atoms with Crippen molar-refractivity contribution in [3.05, 3.63) is 29.0 Å². The van der Waals surface area contributed by atoms with Crippen LogP contribution in [0.15, 0.2) is 18.3 Å². The molecule has 2 amide bonds. The molecule has 1 fully saturated rings. The minimum absolute atomic E-state index is 0.0759. The zero-order valence-electron chi connectivity index (χ0n) is 14.3. The van der Waals surface area contributed by atoms with E-state index in [-0.39, 0.29) is 23.2 Å². The molecule has 0 aromatic carbocycles. The Kier molecular flexibility index (Phi) is 6.04. The van der Waals surface area contributed by atoms with Crippen LogP contribution in [0, 0.1) is 0 Å². The number of rotatable bonds is 3. The van der Waals surface area contributed by atoms with Crippen LogP contribution < -0.4 is 5.32 Å². The van der Waals surface area contributed by atoms with E-state index >= 15 is 0 Å². The van der Waals surface area contributed by atoms with Crippen molar-refractivity contribution in [2.24, 2.45) is 0 Å². The predicted molar refractivity (Wildman–Crippen MR) is 92.2 cm³/mol. The van der Waals surface area contributed by atoms with Gasteiger partial charge in [0.15, 0.2) is 0 Å². The number of piperidine rings is 1. The van der Waals surface area contributed by atoms with Crippen LogP contribution in [-0.4, -0.2) is 46.6 Å². The molecule has 0 radical (unpaired) electrons. The van der Waals surface area contributed by atoms with E-state index in [1.807, 2.05) is 20.8 Å². The minimum atomic E-state index is -0.536. The van der Waals surface area contributed by atoms with Gasteiger partial charge in [-0.15, -0.1) is 0 Å². The third-order valence-corrected chi connectivity index (χ3v) is 4.06. The summed E-state index contributed by atoms with van der Waals surface area (Å²) in [5, 5.41) is 3.01. The quantitative estimate of drug-likeness (QED) is 0.847. The van der Waals surface area contributed by atoms with Gasteiger partial charge in [0.2, 0.25) is 0 Å². The van der Waals surface area contributed by atoms with Crippen LogP contribution >= 0.6 is 11.6 Å². The molecule has 24 heavy (non-hydrogen) atoms. The zero-order chi connectivity index (χ0) is 17.7. The Morgan fingerprint density at radius 3 is 2.83 bits per heavy atom. The standard InChI is InChI=1S/C17H24ClN3O3/c1-17(2,3)24-16(23)21-10-5-4-7-12(21)11-20-15(22)13-8-6-9-19-14(13)18/h6,8-9,12H,4-5,7,10-11H2,1-3H3,(H,20,22)/t12-/m1/s1. The van der Waals surface area contributed by atoms with Gasteiger partial charge in [-0.25, -0.2) is 9.78 Å². The summed E-state index contributed by atoms with van der Waals surface area (Å²) in [5.41, 5.74) is -0.204. The lowest BCUT2D eigenvalue weighted by atomic mass is 10.0. The Morgan fingerprint density at radius 1 is 1.42 bits per heavy atom. The van der Waals surface area contributed by atoms with Gasteiger partial charge >= 0.3 is 6.09 Å². The molecule has 0 unspecified atom stereocenters. The van der Waals surface area contributed by atoms with Crippen LogP contribution in [0.4, 0.5) is 4.79 Å². The number of amides is 2. The van der Waals surface area contributed by atoms with Crippen molar-refractivity contribution in [1.29, 1.82) is 0 Å². The van der Waals surface area contributed by atoms with E-state index in [2.05, 4.69) is 10.3 Å². The Bertz CT molecular complexity index is 601. The van der Waals surface area contributed by atoms with E-state index in [1.54, 1.807) is 17.0 Å². The molecule has 1 saturated heterocycles. The molecule has 132 valence electrons. The largest absolute Gasteiger partial charge is 0.444 e. The smallest absolute Gasteiger partial charge is 0.410 e. The van der Waals surface area contributed by atoms with Gasteiger partial charge in [0.1, 0.15) is 10.8 Å². The first kappa shape index (κ1) is 18.5. The fourth-order valence-electron chi connectivity index (χ4n) is 2.63. The van der Waals surface area contributed by atoms with E-state index in [0.29, 0.717) is 18.7 Å². The molecule has 1 aliphatic heterocycles. The van der Waals surface area contributed by atoms with Gasteiger partial charge in [0.05, 0.1) is 11.6 Å². The molecule has 1 aliphatic rings. The molecule has 2 heterocycles. The Balaban J connectivity index is 1.97. The van der Waals surface area contributed by atoms with Gasteiger partial charge in [-0.3, -0.25) is 4.79 Å². The highest BCUT2D eigenvalue weighted by molar-refractivity contribution is 6.32. The van der Waals surface area contributed by atoms with Crippen LogP contribution in [0.5, 0.6) is 0 Å². The number of pyridine rings is 1. The lowest BCUT2D eigenvalue weighted by Gasteiger charge is -2.36. The van der Waals surface area contributed by atoms with Crippen LogP contribution in [-0.2, 0) is 4.74 Å². The highest BCUT2D eigenvalue weighted by Gasteiger charge is 2.30. The first-order valence-electron chi connectivity index (χ1n) is 8.16. The molecular weight excluding hydrogens is 330 g/mol. The number of halogens is 1. The molecule has 1 N–H and O–H groups in total. The van der Waals surface area contributed by atoms with E-state index in [4.69, 9.17) is 16.3 Å². The number of aromatic nitrogens is 1. The second-order valence-corrected chi connectivity index (χ2v) is 7.23. The van der Waals surface area contributed by atoms with Gasteiger partial charge in [-0.1, -0.05) is 11.6 Å². The number of hydrogen-bond acceptors (Lipinski definition) is 4. The highest BCUT2D eigenvalue weighted by atomic mass is 35.5. The summed E-state index contributed by atoms with van der Waals surface area (Å²) in [6.07, 6.45) is 4.00. The van der Waals surface area contributed by atoms with E-state index in [9.17, 15) is 9.59 Å². The molecule has 1 aromatic heterocycles. The van der Waals surface area contributed by atoms with E-state index in [0.717, 1.165) is 19.3 Å². The van der Waals surface area contributed by atoms with Gasteiger partial charge in [-0.05, 0) is 52.2 Å². The summed E-state index contributed by atoms with van der Waals surface area (Å²) in [6.45, 7) is 6.54. The van der Waals surface area contributed by atoms with Crippen LogP contribution in [0.3, 0.4) is 0 Å². The summed E-state index contributed by atoms with van der Waals surface area (Å²) in [6, 6.07) is 3.21. The zero-order valence-corrected chi connectivity index (χ0v) is 15.1. The molecule has 1 aromatic rings. The molecule has 0 bridgehead atoms. The predicted octanol–water partition coefficient (Wildman–Crippen LogP) is 3.25. The molecule has 7 heteroatoms. The number of nitrogens with one attached hydrogen (secondary N) is 1. The first-order chi connectivity index (χ1) is 11.3. The van der Waals surface area contributed by atoms with Gasteiger partial charge < -0.3 is 15.0 Å². The Morgan fingerprint density at radius 2 is 2.17 bits per heavy atom. The van der Waals surface area contributed by atoms with Crippen molar-refractivity contribution < 1.29 is 14.3 Å². The minimum Gasteiger partial charge on any atom is -0.444 e. The van der Waals surface area contributed by atoms with Crippen LogP contribution in [0.25, 0.3) is 0 Å². The number of hydrogen-bond donors (Lipinski definition) is 1. The lowest BCUT2D eigenvalue weighted by molar-refractivity contribution is 0.00986. The molecule has 6 nitrogen and oxygen atoms in total. The maximum Gasteiger partial charge on any atom is 0.410 e. The maximum absolute atomic E-state index is 12.4. The van der Waals surface area contributed by atoms with Crippen molar-refractivity contribution >= 4 is 23.6 Å². The molecule has 0 saturated carbocycles. The van der Waals surface area contributed by atoms with Crippen molar-refractivity contribution in [2.75, 3.05) is 13.1 Å². The lowest BCUT2D eigenvalue weighted by Crippen LogP contribution is -2.50. The number of carbonyl (C=O) groups excluding carboxylic acids is 2. The second kappa shape index (κ2) is 7.83. The van der Waals surface area contributed by atoms with Crippen LogP contribution in [0.2, 0.25) is 5.15 Å². The van der Waals surface area contributed by atoms with Gasteiger partial charge in [0.25, 0.3) is 5.91 Å². The van der Waals surface area contributed by atoms with E-state index < -0.39 is 5.60 Å². The first-order valence-corrected chi connectivity index (χ1v) is 8.54. The number of likely N-dealkylation sites (tertiary alicyclic amines) is 1. The summed E-state index contributed by atoms with van der Waals surface area (Å²) < 4.78 is 5.46. The van der Waals surface area contributed by atoms with Crippen LogP contribution in [0.1, 0.15) is 50.4 Å². The molecule has 1 atom stereocenters. The molecule has 0 aliphatic carbocycles. The fraction of sp³-hybridized carbons (Fsp3) is 0.588. The normalized spacial score (nSPS) is 18.2. The fourth-order valence-corrected chi connectivity index (χ4v) is 2.84. The maximum atomic E-state index is 12.4. The third-order valence-electron chi connectivity index (χ3n) is 3.76. The van der Waals surface area contributed by atoms with Gasteiger partial charge in [0, 0.05) is 19.3 Å². The summed E-state index contributed by atoms with van der Waals surface area (Å²) in [5.74, 6) is -0.289. The SMILES string of the molecule is CC(C)(C)OC(=O)N1CCCC[C@@H]1CNC(=O)c1cccnc1Cl. The topological polar surface area (TPSA) is 71.5 Å². The van der Waals surface area contributed by atoms with Crippen molar-refractivity contribution in [1.82, 2.24) is 15.2 Å². The number of ether oxygens (including phenoxy) is 1. The van der Waals surface area contributed by atoms with Crippen molar-refractivity contribution in [3.63, 3.8) is 0 Å². The highest BCUT2D eigenvalue weighted by Crippen LogP contribution is 2.20. The number of nitrogens with zero attached hydrogens (tertiary/aromatic N) is 2. The van der Waals surface area contributed by atoms with E-state index in [1.165, 1.54) is 6.20 Å². The molecular formula is C17H24ClN3O3. The third kappa shape index (κ3) is 5.09. The van der Waals surface area contributed by atoms with Crippen molar-refractivity contribution in [3.8, 4) is 0 Å². The Hall–Kier alpha value is -1.82.